The maximum absolute atomic E-state index is 11.3. The molecule has 14 heavy (non-hydrogen) atoms. The highest BCUT2D eigenvalue weighted by atomic mass is 35.5. The molecule has 0 aliphatic carbocycles. The third-order valence-corrected chi connectivity index (χ3v) is 2.25. The quantitative estimate of drug-likeness (QED) is 0.421. The monoisotopic (exact) mass is 241 g/mol. The Morgan fingerprint density at radius 1 is 1.07 bits per heavy atom. The molecule has 0 aliphatic rings. The van der Waals surface area contributed by atoms with Crippen LogP contribution < -0.4 is 0 Å². The normalized spacial score (nSPS) is 9.86. The summed E-state index contributed by atoms with van der Waals surface area (Å²) in [6.07, 6.45) is 1.44. The summed E-state index contributed by atoms with van der Waals surface area (Å²) >= 11 is 10.9. The molecule has 0 atom stereocenters. The van der Waals surface area contributed by atoms with Crippen molar-refractivity contribution >= 4 is 35.1 Å². The summed E-state index contributed by atoms with van der Waals surface area (Å²) in [5, 5.41) is 8.34. The van der Waals surface area contributed by atoms with Crippen LogP contribution >= 0.6 is 23.2 Å². The first-order chi connectivity index (χ1) is 6.61. The van der Waals surface area contributed by atoms with Gasteiger partial charge in [-0.05, 0) is 12.8 Å². The van der Waals surface area contributed by atoms with E-state index in [-0.39, 0.29) is 24.3 Å². The number of halogens is 2. The zero-order valence-corrected chi connectivity index (χ0v) is 9.22. The van der Waals surface area contributed by atoms with Gasteiger partial charge in [-0.15, -0.1) is 23.2 Å². The molecule has 0 aromatic heterocycles. The lowest BCUT2D eigenvalue weighted by Gasteiger charge is -2.15. The molecule has 0 aliphatic heterocycles. The number of hydrogen-bond donors (Lipinski definition) is 1. The van der Waals surface area contributed by atoms with Crippen molar-refractivity contribution in [2.75, 3.05) is 12.0 Å². The zero-order valence-electron chi connectivity index (χ0n) is 7.71. The van der Waals surface area contributed by atoms with Gasteiger partial charge in [0, 0.05) is 12.8 Å². The minimum Gasteiger partial charge on any atom is -0.481 e. The number of carbonyl (C=O) groups is 2. The molecule has 0 unspecified atom stereocenters. The molecule has 0 saturated carbocycles. The Bertz CT molecular complexity index is 195. The molecule has 1 N–H and O–H groups in total. The molecule has 0 radical (unpaired) electrons. The van der Waals surface area contributed by atoms with Crippen LogP contribution in [0.25, 0.3) is 0 Å². The Kier molecular flexibility index (Phi) is 7.61. The highest BCUT2D eigenvalue weighted by molar-refractivity contribution is 6.21. The van der Waals surface area contributed by atoms with Crippen molar-refractivity contribution in [3.8, 4) is 0 Å². The van der Waals surface area contributed by atoms with Gasteiger partial charge in [0.1, 0.15) is 0 Å². The van der Waals surface area contributed by atoms with E-state index in [4.69, 9.17) is 28.3 Å². The van der Waals surface area contributed by atoms with Crippen LogP contribution in [0, 0.1) is 0 Å². The standard InChI is InChI=1S/C8H13Cl2NO3/c9-5-11(6-10)7(12)3-1-2-4-8(13)14/h1-6H2,(H,13,14). The summed E-state index contributed by atoms with van der Waals surface area (Å²) in [4.78, 5) is 22.7. The molecule has 0 saturated heterocycles. The number of rotatable bonds is 7. The van der Waals surface area contributed by atoms with Gasteiger partial charge in [-0.1, -0.05) is 0 Å². The van der Waals surface area contributed by atoms with E-state index in [1.807, 2.05) is 0 Å². The fourth-order valence-electron chi connectivity index (χ4n) is 0.876. The van der Waals surface area contributed by atoms with Crippen molar-refractivity contribution in [1.82, 2.24) is 4.90 Å². The van der Waals surface area contributed by atoms with Gasteiger partial charge in [0.2, 0.25) is 5.91 Å². The van der Waals surface area contributed by atoms with E-state index in [0.717, 1.165) is 0 Å². The molecule has 0 bridgehead atoms. The van der Waals surface area contributed by atoms with Gasteiger partial charge in [-0.25, -0.2) is 0 Å². The number of carbonyl (C=O) groups excluding carboxylic acids is 1. The summed E-state index contributed by atoms with van der Waals surface area (Å²) in [7, 11) is 0. The van der Waals surface area contributed by atoms with Gasteiger partial charge < -0.3 is 10.0 Å². The first-order valence-corrected chi connectivity index (χ1v) is 5.30. The Labute approximate surface area is 92.8 Å². The van der Waals surface area contributed by atoms with Crippen LogP contribution in [0.15, 0.2) is 0 Å². The molecular weight excluding hydrogens is 229 g/mol. The number of alkyl halides is 2. The predicted molar refractivity (Wildman–Crippen MR) is 54.4 cm³/mol. The second kappa shape index (κ2) is 7.88. The molecule has 82 valence electrons. The molecule has 0 aromatic rings. The van der Waals surface area contributed by atoms with Crippen LogP contribution in [0.1, 0.15) is 25.7 Å². The van der Waals surface area contributed by atoms with E-state index < -0.39 is 5.97 Å². The summed E-state index contributed by atoms with van der Waals surface area (Å²) < 4.78 is 0. The molecular formula is C8H13Cl2NO3. The van der Waals surface area contributed by atoms with Crippen LogP contribution in [0.3, 0.4) is 0 Å². The van der Waals surface area contributed by atoms with E-state index in [2.05, 4.69) is 0 Å². The average molecular weight is 242 g/mol. The number of unbranched alkanes of at least 4 members (excludes halogenated alkanes) is 1. The van der Waals surface area contributed by atoms with Crippen LogP contribution in [0.5, 0.6) is 0 Å². The molecule has 1 amide bonds. The largest absolute Gasteiger partial charge is 0.481 e. The first kappa shape index (κ1) is 13.5. The minimum absolute atomic E-state index is 0.0707. The summed E-state index contributed by atoms with van der Waals surface area (Å²) in [6, 6.07) is 0.141. The number of carboxylic acid groups (broad SMARTS) is 1. The van der Waals surface area contributed by atoms with Crippen LogP contribution in [0.2, 0.25) is 0 Å². The molecule has 0 spiro atoms. The predicted octanol–water partition coefficient (Wildman–Crippen LogP) is 1.85. The SMILES string of the molecule is O=C(O)CCCCC(=O)N(CCl)CCl. The Morgan fingerprint density at radius 3 is 2.00 bits per heavy atom. The Morgan fingerprint density at radius 2 is 1.57 bits per heavy atom. The lowest BCUT2D eigenvalue weighted by atomic mass is 10.2. The lowest BCUT2D eigenvalue weighted by molar-refractivity contribution is -0.137. The fourth-order valence-corrected chi connectivity index (χ4v) is 1.40. The maximum atomic E-state index is 11.3. The lowest BCUT2D eigenvalue weighted by Crippen LogP contribution is -2.28. The second-order valence-corrected chi connectivity index (χ2v) is 3.25. The third kappa shape index (κ3) is 6.05. The van der Waals surface area contributed by atoms with Gasteiger partial charge in [-0.2, -0.15) is 0 Å². The van der Waals surface area contributed by atoms with Crippen molar-refractivity contribution < 1.29 is 14.7 Å². The van der Waals surface area contributed by atoms with Gasteiger partial charge in [-0.3, -0.25) is 9.59 Å². The summed E-state index contributed by atoms with van der Waals surface area (Å²) in [5.41, 5.74) is 0. The third-order valence-electron chi connectivity index (χ3n) is 1.67. The Hall–Kier alpha value is -0.480. The summed E-state index contributed by atoms with van der Waals surface area (Å²) in [5.74, 6) is -0.982. The number of hydrogen-bond acceptors (Lipinski definition) is 2. The van der Waals surface area contributed by atoms with Crippen molar-refractivity contribution in [2.45, 2.75) is 25.7 Å². The smallest absolute Gasteiger partial charge is 0.303 e. The van der Waals surface area contributed by atoms with Crippen LogP contribution in [-0.4, -0.2) is 33.9 Å². The first-order valence-electron chi connectivity index (χ1n) is 4.23. The second-order valence-electron chi connectivity index (χ2n) is 2.77. The van der Waals surface area contributed by atoms with E-state index >= 15 is 0 Å². The molecule has 0 fully saturated rings. The van der Waals surface area contributed by atoms with Crippen molar-refractivity contribution in [2.24, 2.45) is 0 Å². The minimum atomic E-state index is -0.844. The van der Waals surface area contributed by atoms with E-state index in [0.29, 0.717) is 19.3 Å². The van der Waals surface area contributed by atoms with Crippen molar-refractivity contribution in [3.05, 3.63) is 0 Å². The van der Waals surface area contributed by atoms with Gasteiger partial charge in [0.05, 0.1) is 12.0 Å². The number of amides is 1. The molecule has 0 aromatic carbocycles. The molecule has 0 rings (SSSR count). The zero-order chi connectivity index (χ0) is 11.0. The highest BCUT2D eigenvalue weighted by Gasteiger charge is 2.10. The number of aliphatic carboxylic acids is 1. The van der Waals surface area contributed by atoms with E-state index in [1.165, 1.54) is 4.90 Å². The summed E-state index contributed by atoms with van der Waals surface area (Å²) in [6.45, 7) is 0. The van der Waals surface area contributed by atoms with Gasteiger partial charge in [0.15, 0.2) is 0 Å². The number of nitrogens with zero attached hydrogens (tertiary/aromatic N) is 1. The van der Waals surface area contributed by atoms with Crippen LogP contribution in [-0.2, 0) is 9.59 Å². The van der Waals surface area contributed by atoms with Crippen molar-refractivity contribution in [3.63, 3.8) is 0 Å². The number of carboxylic acids is 1. The molecule has 6 heteroatoms. The molecule has 4 nitrogen and oxygen atoms in total. The van der Waals surface area contributed by atoms with E-state index in [9.17, 15) is 9.59 Å². The Balaban J connectivity index is 3.57. The molecule has 0 heterocycles. The fraction of sp³-hybridized carbons (Fsp3) is 0.750. The topological polar surface area (TPSA) is 57.6 Å². The van der Waals surface area contributed by atoms with Gasteiger partial charge >= 0.3 is 5.97 Å². The highest BCUT2D eigenvalue weighted by Crippen LogP contribution is 2.05. The van der Waals surface area contributed by atoms with Gasteiger partial charge in [0.25, 0.3) is 0 Å². The average Bonchev–Trinajstić information content (AvgIpc) is 2.14. The van der Waals surface area contributed by atoms with Crippen molar-refractivity contribution in [1.29, 1.82) is 0 Å². The van der Waals surface area contributed by atoms with E-state index in [1.54, 1.807) is 0 Å². The maximum Gasteiger partial charge on any atom is 0.303 e. The van der Waals surface area contributed by atoms with Crippen LogP contribution in [0.4, 0.5) is 0 Å².